The highest BCUT2D eigenvalue weighted by atomic mass is 16.5. The van der Waals surface area contributed by atoms with Crippen molar-refractivity contribution in [2.24, 2.45) is 0 Å². The molecule has 2 rings (SSSR count). The van der Waals surface area contributed by atoms with Crippen LogP contribution >= 0.6 is 0 Å². The van der Waals surface area contributed by atoms with Gasteiger partial charge in [-0.25, -0.2) is 9.78 Å². The minimum absolute atomic E-state index is 0.344. The number of aromatic nitrogens is 1. The molecule has 78 valence electrons. The third-order valence-electron chi connectivity index (χ3n) is 2.28. The van der Waals surface area contributed by atoms with Crippen LogP contribution in [0.5, 0.6) is 5.75 Å². The van der Waals surface area contributed by atoms with Crippen molar-refractivity contribution >= 4 is 10.9 Å². The van der Waals surface area contributed by atoms with Crippen molar-refractivity contribution in [3.8, 4) is 5.75 Å². The van der Waals surface area contributed by atoms with Crippen LogP contribution in [0.4, 0.5) is 0 Å². The largest absolute Gasteiger partial charge is 0.494 e. The smallest absolute Gasteiger partial charge is 0.347 e. The molecular formula is C11H11NO3. The Bertz CT molecular complexity index is 572. The van der Waals surface area contributed by atoms with Gasteiger partial charge in [0.05, 0.1) is 12.5 Å². The van der Waals surface area contributed by atoms with E-state index in [2.05, 4.69) is 4.98 Å². The van der Waals surface area contributed by atoms with Gasteiger partial charge in [-0.2, -0.15) is 0 Å². The summed E-state index contributed by atoms with van der Waals surface area (Å²) in [6.45, 7) is 3.48. The lowest BCUT2D eigenvalue weighted by atomic mass is 10.1. The van der Waals surface area contributed by atoms with Gasteiger partial charge in [0.1, 0.15) is 11.3 Å². The van der Waals surface area contributed by atoms with Gasteiger partial charge in [-0.05, 0) is 18.6 Å². The summed E-state index contributed by atoms with van der Waals surface area (Å²) in [5.74, 6) is 0.933. The molecule has 0 saturated heterocycles. The van der Waals surface area contributed by atoms with Crippen molar-refractivity contribution in [1.82, 2.24) is 4.98 Å². The molecule has 0 atom stereocenters. The monoisotopic (exact) mass is 205 g/mol. The number of methoxy groups -OCH3 is 1. The summed E-state index contributed by atoms with van der Waals surface area (Å²) in [5.41, 5.74) is 1.03. The molecule has 0 amide bonds. The van der Waals surface area contributed by atoms with E-state index >= 15 is 0 Å². The number of fused-ring (bicyclic) bond motifs is 1. The summed E-state index contributed by atoms with van der Waals surface area (Å²) in [6, 6.07) is 3.61. The Morgan fingerprint density at radius 2 is 2.07 bits per heavy atom. The fraction of sp³-hybridized carbons (Fsp3) is 0.273. The van der Waals surface area contributed by atoms with Crippen LogP contribution in [0.2, 0.25) is 0 Å². The fourth-order valence-electron chi connectivity index (χ4n) is 1.57. The number of ether oxygens (including phenoxy) is 1. The maximum atomic E-state index is 11.6. The van der Waals surface area contributed by atoms with Crippen LogP contribution in [-0.2, 0) is 0 Å². The molecule has 0 bridgehead atoms. The van der Waals surface area contributed by atoms with Gasteiger partial charge < -0.3 is 9.15 Å². The SMILES string of the molecule is COc1ccc(C)c2c(=O)oc(C)nc12. The average Bonchev–Trinajstić information content (AvgIpc) is 2.17. The predicted molar refractivity (Wildman–Crippen MR) is 56.3 cm³/mol. The van der Waals surface area contributed by atoms with Crippen LogP contribution in [0.3, 0.4) is 0 Å². The highest BCUT2D eigenvalue weighted by Gasteiger charge is 2.10. The molecule has 1 aromatic carbocycles. The van der Waals surface area contributed by atoms with E-state index < -0.39 is 0 Å². The number of benzene rings is 1. The van der Waals surface area contributed by atoms with Crippen molar-refractivity contribution in [1.29, 1.82) is 0 Å². The van der Waals surface area contributed by atoms with Gasteiger partial charge in [0.15, 0.2) is 5.89 Å². The minimum atomic E-state index is -0.367. The molecule has 0 aliphatic heterocycles. The highest BCUT2D eigenvalue weighted by Crippen LogP contribution is 2.23. The maximum absolute atomic E-state index is 11.6. The van der Waals surface area contributed by atoms with Gasteiger partial charge in [-0.1, -0.05) is 6.07 Å². The van der Waals surface area contributed by atoms with E-state index in [0.29, 0.717) is 22.5 Å². The van der Waals surface area contributed by atoms with E-state index in [1.165, 1.54) is 0 Å². The zero-order chi connectivity index (χ0) is 11.0. The summed E-state index contributed by atoms with van der Waals surface area (Å²) in [6.07, 6.45) is 0. The topological polar surface area (TPSA) is 52.3 Å². The van der Waals surface area contributed by atoms with Crippen LogP contribution in [0, 0.1) is 13.8 Å². The highest BCUT2D eigenvalue weighted by molar-refractivity contribution is 5.86. The molecular weight excluding hydrogens is 194 g/mol. The van der Waals surface area contributed by atoms with E-state index in [4.69, 9.17) is 9.15 Å². The Balaban J connectivity index is 3.00. The lowest BCUT2D eigenvalue weighted by molar-refractivity contribution is 0.415. The van der Waals surface area contributed by atoms with Gasteiger partial charge in [0.25, 0.3) is 0 Å². The number of aryl methyl sites for hydroxylation is 2. The second-order valence-electron chi connectivity index (χ2n) is 3.33. The van der Waals surface area contributed by atoms with E-state index in [1.807, 2.05) is 13.0 Å². The molecule has 0 fully saturated rings. The van der Waals surface area contributed by atoms with Gasteiger partial charge in [-0.3, -0.25) is 0 Å². The average molecular weight is 205 g/mol. The summed E-state index contributed by atoms with van der Waals surface area (Å²) < 4.78 is 10.1. The molecule has 0 spiro atoms. The molecule has 0 aliphatic carbocycles. The molecule has 0 radical (unpaired) electrons. The van der Waals surface area contributed by atoms with Crippen LogP contribution in [0.15, 0.2) is 21.3 Å². The Hall–Kier alpha value is -1.84. The zero-order valence-electron chi connectivity index (χ0n) is 8.83. The number of rotatable bonds is 1. The summed E-state index contributed by atoms with van der Waals surface area (Å²) in [4.78, 5) is 15.8. The lowest BCUT2D eigenvalue weighted by Crippen LogP contribution is -2.05. The lowest BCUT2D eigenvalue weighted by Gasteiger charge is -2.05. The van der Waals surface area contributed by atoms with Crippen molar-refractivity contribution in [3.63, 3.8) is 0 Å². The van der Waals surface area contributed by atoms with Crippen molar-refractivity contribution in [2.45, 2.75) is 13.8 Å². The van der Waals surface area contributed by atoms with E-state index in [0.717, 1.165) is 5.56 Å². The van der Waals surface area contributed by atoms with E-state index in [1.54, 1.807) is 20.1 Å². The normalized spacial score (nSPS) is 10.6. The molecule has 15 heavy (non-hydrogen) atoms. The van der Waals surface area contributed by atoms with Crippen LogP contribution in [0.1, 0.15) is 11.5 Å². The van der Waals surface area contributed by atoms with Crippen LogP contribution in [-0.4, -0.2) is 12.1 Å². The molecule has 1 aromatic heterocycles. The van der Waals surface area contributed by atoms with Gasteiger partial charge >= 0.3 is 5.63 Å². The first kappa shape index (κ1) is 9.71. The summed E-state index contributed by atoms with van der Waals surface area (Å²) in [7, 11) is 1.55. The predicted octanol–water partition coefficient (Wildman–Crippen LogP) is 1.81. The zero-order valence-corrected chi connectivity index (χ0v) is 8.83. The Morgan fingerprint density at radius 3 is 2.73 bits per heavy atom. The molecule has 2 aromatic rings. The fourth-order valence-corrected chi connectivity index (χ4v) is 1.57. The van der Waals surface area contributed by atoms with Crippen molar-refractivity contribution in [2.75, 3.05) is 7.11 Å². The van der Waals surface area contributed by atoms with Gasteiger partial charge in [0, 0.05) is 6.92 Å². The third kappa shape index (κ3) is 1.48. The van der Waals surface area contributed by atoms with Crippen molar-refractivity contribution in [3.05, 3.63) is 34.0 Å². The minimum Gasteiger partial charge on any atom is -0.494 e. The molecule has 4 nitrogen and oxygen atoms in total. The van der Waals surface area contributed by atoms with E-state index in [9.17, 15) is 4.79 Å². The van der Waals surface area contributed by atoms with Gasteiger partial charge in [0.2, 0.25) is 0 Å². The molecule has 0 saturated carbocycles. The molecule has 4 heteroatoms. The van der Waals surface area contributed by atoms with Crippen LogP contribution < -0.4 is 10.4 Å². The molecule has 0 N–H and O–H groups in total. The maximum Gasteiger partial charge on any atom is 0.347 e. The number of nitrogens with zero attached hydrogens (tertiary/aromatic N) is 1. The Morgan fingerprint density at radius 1 is 1.33 bits per heavy atom. The van der Waals surface area contributed by atoms with Crippen molar-refractivity contribution < 1.29 is 9.15 Å². The molecule has 1 heterocycles. The first-order chi connectivity index (χ1) is 7.13. The summed E-state index contributed by atoms with van der Waals surface area (Å²) >= 11 is 0. The second kappa shape index (κ2) is 3.38. The number of hydrogen-bond donors (Lipinski definition) is 0. The quantitative estimate of drug-likeness (QED) is 0.712. The second-order valence-corrected chi connectivity index (χ2v) is 3.33. The summed E-state index contributed by atoms with van der Waals surface area (Å²) in [5, 5.41) is 0.486. The third-order valence-corrected chi connectivity index (χ3v) is 2.28. The first-order valence-electron chi connectivity index (χ1n) is 4.58. The van der Waals surface area contributed by atoms with Crippen LogP contribution in [0.25, 0.3) is 10.9 Å². The van der Waals surface area contributed by atoms with E-state index in [-0.39, 0.29) is 5.63 Å². The molecule has 0 aliphatic rings. The standard InChI is InChI=1S/C11H11NO3/c1-6-4-5-8(14-3)10-9(6)11(13)15-7(2)12-10/h4-5H,1-3H3. The Labute approximate surface area is 86.5 Å². The molecule has 0 unspecified atom stereocenters. The first-order valence-corrected chi connectivity index (χ1v) is 4.58. The van der Waals surface area contributed by atoms with Gasteiger partial charge in [-0.15, -0.1) is 0 Å². The Kier molecular flexibility index (Phi) is 2.19. The number of hydrogen-bond acceptors (Lipinski definition) is 4.